The van der Waals surface area contributed by atoms with Crippen LogP contribution in [0.15, 0.2) is 6.07 Å². The monoisotopic (exact) mass is 249 g/mol. The van der Waals surface area contributed by atoms with Crippen LogP contribution in [0, 0.1) is 5.92 Å². The second kappa shape index (κ2) is 5.02. The standard InChI is InChI=1S/C14H23N3O/c1-3-11-8-12(17(2)16-11)9-15-13-6-7-18-14(13)10-4-5-10/h8,10,13-15H,3-7,9H2,1-2H3. The largest absolute Gasteiger partial charge is 0.376 e. The molecule has 1 aromatic heterocycles. The third kappa shape index (κ3) is 2.45. The molecule has 2 atom stereocenters. The summed E-state index contributed by atoms with van der Waals surface area (Å²) in [5.41, 5.74) is 2.45. The molecular formula is C14H23N3O. The molecule has 18 heavy (non-hydrogen) atoms. The van der Waals surface area contributed by atoms with Gasteiger partial charge in [-0.25, -0.2) is 0 Å². The van der Waals surface area contributed by atoms with E-state index in [9.17, 15) is 0 Å². The fourth-order valence-corrected chi connectivity index (χ4v) is 2.86. The zero-order chi connectivity index (χ0) is 12.5. The van der Waals surface area contributed by atoms with E-state index in [2.05, 4.69) is 23.4 Å². The minimum atomic E-state index is 0.462. The van der Waals surface area contributed by atoms with E-state index in [0.717, 1.165) is 31.9 Å². The minimum Gasteiger partial charge on any atom is -0.376 e. The van der Waals surface area contributed by atoms with Gasteiger partial charge in [0.15, 0.2) is 0 Å². The molecule has 4 nitrogen and oxygen atoms in total. The summed E-state index contributed by atoms with van der Waals surface area (Å²) in [6.07, 6.45) is 5.33. The van der Waals surface area contributed by atoms with Crippen LogP contribution in [-0.2, 0) is 24.8 Å². The average molecular weight is 249 g/mol. The van der Waals surface area contributed by atoms with Gasteiger partial charge in [0.25, 0.3) is 0 Å². The molecule has 2 unspecified atom stereocenters. The van der Waals surface area contributed by atoms with E-state index in [1.807, 2.05) is 11.7 Å². The molecule has 1 aromatic rings. The number of nitrogens with zero attached hydrogens (tertiary/aromatic N) is 2. The predicted molar refractivity (Wildman–Crippen MR) is 70.3 cm³/mol. The van der Waals surface area contributed by atoms with Crippen molar-refractivity contribution < 1.29 is 4.74 Å². The lowest BCUT2D eigenvalue weighted by Gasteiger charge is -2.19. The fourth-order valence-electron chi connectivity index (χ4n) is 2.86. The Morgan fingerprint density at radius 2 is 2.28 bits per heavy atom. The number of aryl methyl sites for hydroxylation is 2. The molecule has 1 N–H and O–H groups in total. The van der Waals surface area contributed by atoms with Crippen molar-refractivity contribution in [2.75, 3.05) is 6.61 Å². The second-order valence-corrected chi connectivity index (χ2v) is 5.55. The quantitative estimate of drug-likeness (QED) is 0.862. The topological polar surface area (TPSA) is 39.1 Å². The van der Waals surface area contributed by atoms with Crippen LogP contribution in [0.5, 0.6) is 0 Å². The van der Waals surface area contributed by atoms with E-state index in [-0.39, 0.29) is 0 Å². The Bertz CT molecular complexity index is 411. The molecule has 2 fully saturated rings. The Morgan fingerprint density at radius 3 is 2.94 bits per heavy atom. The van der Waals surface area contributed by atoms with Gasteiger partial charge in [-0.15, -0.1) is 0 Å². The number of aromatic nitrogens is 2. The summed E-state index contributed by atoms with van der Waals surface area (Å²) < 4.78 is 7.84. The molecule has 0 bridgehead atoms. The average Bonchev–Trinajstić information content (AvgIpc) is 3.00. The Balaban J connectivity index is 1.58. The fraction of sp³-hybridized carbons (Fsp3) is 0.786. The SMILES string of the molecule is CCc1cc(CNC2CCOC2C2CC2)n(C)n1. The molecule has 1 saturated carbocycles. The van der Waals surface area contributed by atoms with Gasteiger partial charge in [0, 0.05) is 26.2 Å². The van der Waals surface area contributed by atoms with E-state index in [1.54, 1.807) is 0 Å². The molecule has 100 valence electrons. The summed E-state index contributed by atoms with van der Waals surface area (Å²) in [6, 6.07) is 2.74. The lowest BCUT2D eigenvalue weighted by atomic mass is 10.1. The van der Waals surface area contributed by atoms with Gasteiger partial charge in [0.2, 0.25) is 0 Å². The van der Waals surface area contributed by atoms with Crippen molar-refractivity contribution in [1.29, 1.82) is 0 Å². The molecule has 0 spiro atoms. The van der Waals surface area contributed by atoms with Gasteiger partial charge in [-0.1, -0.05) is 6.92 Å². The predicted octanol–water partition coefficient (Wildman–Crippen LogP) is 1.64. The zero-order valence-corrected chi connectivity index (χ0v) is 11.4. The Hall–Kier alpha value is -0.870. The molecule has 0 radical (unpaired) electrons. The van der Waals surface area contributed by atoms with Gasteiger partial charge in [0.05, 0.1) is 17.5 Å². The lowest BCUT2D eigenvalue weighted by Crippen LogP contribution is -2.37. The van der Waals surface area contributed by atoms with E-state index in [4.69, 9.17) is 4.74 Å². The van der Waals surface area contributed by atoms with Crippen LogP contribution >= 0.6 is 0 Å². The molecule has 2 aliphatic rings. The molecule has 3 rings (SSSR count). The van der Waals surface area contributed by atoms with Crippen molar-refractivity contribution in [3.05, 3.63) is 17.5 Å². The van der Waals surface area contributed by atoms with Crippen LogP contribution in [0.25, 0.3) is 0 Å². The van der Waals surface area contributed by atoms with Gasteiger partial charge in [0.1, 0.15) is 0 Å². The molecule has 1 saturated heterocycles. The lowest BCUT2D eigenvalue weighted by molar-refractivity contribution is 0.0807. The van der Waals surface area contributed by atoms with Crippen molar-refractivity contribution in [3.63, 3.8) is 0 Å². The van der Waals surface area contributed by atoms with Gasteiger partial charge in [-0.3, -0.25) is 4.68 Å². The normalized spacial score (nSPS) is 27.9. The summed E-state index contributed by atoms with van der Waals surface area (Å²) in [7, 11) is 2.03. The third-order valence-corrected chi connectivity index (χ3v) is 4.16. The third-order valence-electron chi connectivity index (χ3n) is 4.16. The number of ether oxygens (including phenoxy) is 1. The van der Waals surface area contributed by atoms with Crippen LogP contribution in [0.1, 0.15) is 37.6 Å². The first-order valence-corrected chi connectivity index (χ1v) is 7.14. The number of hydrogen-bond donors (Lipinski definition) is 1. The van der Waals surface area contributed by atoms with Gasteiger partial charge < -0.3 is 10.1 Å². The van der Waals surface area contributed by atoms with Gasteiger partial charge in [-0.05, 0) is 37.7 Å². The Kier molecular flexibility index (Phi) is 3.39. The van der Waals surface area contributed by atoms with Crippen LogP contribution < -0.4 is 5.32 Å². The first-order chi connectivity index (χ1) is 8.78. The first-order valence-electron chi connectivity index (χ1n) is 7.14. The van der Waals surface area contributed by atoms with Crippen LogP contribution in [0.4, 0.5) is 0 Å². The summed E-state index contributed by atoms with van der Waals surface area (Å²) in [5, 5.41) is 8.15. The van der Waals surface area contributed by atoms with Gasteiger partial charge in [-0.2, -0.15) is 5.10 Å². The molecule has 2 heterocycles. The molecular weight excluding hydrogens is 226 g/mol. The van der Waals surface area contributed by atoms with E-state index >= 15 is 0 Å². The van der Waals surface area contributed by atoms with Crippen molar-refractivity contribution in [3.8, 4) is 0 Å². The molecule has 0 amide bonds. The van der Waals surface area contributed by atoms with Crippen molar-refractivity contribution in [1.82, 2.24) is 15.1 Å². The first kappa shape index (κ1) is 12.2. The van der Waals surface area contributed by atoms with Crippen LogP contribution in [0.3, 0.4) is 0 Å². The van der Waals surface area contributed by atoms with E-state index < -0.39 is 0 Å². The summed E-state index contributed by atoms with van der Waals surface area (Å²) in [4.78, 5) is 0. The van der Waals surface area contributed by atoms with E-state index in [0.29, 0.717) is 12.1 Å². The highest BCUT2D eigenvalue weighted by atomic mass is 16.5. The maximum atomic E-state index is 5.85. The summed E-state index contributed by atoms with van der Waals surface area (Å²) in [6.45, 7) is 3.97. The van der Waals surface area contributed by atoms with Crippen molar-refractivity contribution >= 4 is 0 Å². The van der Waals surface area contributed by atoms with E-state index in [1.165, 1.54) is 24.2 Å². The highest BCUT2D eigenvalue weighted by Gasteiger charge is 2.40. The number of nitrogens with one attached hydrogen (secondary N) is 1. The highest BCUT2D eigenvalue weighted by Crippen LogP contribution is 2.38. The second-order valence-electron chi connectivity index (χ2n) is 5.55. The van der Waals surface area contributed by atoms with Crippen molar-refractivity contribution in [2.24, 2.45) is 13.0 Å². The van der Waals surface area contributed by atoms with Crippen LogP contribution in [0.2, 0.25) is 0 Å². The Morgan fingerprint density at radius 1 is 1.44 bits per heavy atom. The molecule has 4 heteroatoms. The molecule has 1 aliphatic carbocycles. The minimum absolute atomic E-state index is 0.462. The summed E-state index contributed by atoms with van der Waals surface area (Å²) >= 11 is 0. The maximum absolute atomic E-state index is 5.85. The highest BCUT2D eigenvalue weighted by molar-refractivity contribution is 5.10. The zero-order valence-electron chi connectivity index (χ0n) is 11.4. The smallest absolute Gasteiger partial charge is 0.0757 e. The summed E-state index contributed by atoms with van der Waals surface area (Å²) in [5.74, 6) is 0.822. The van der Waals surface area contributed by atoms with Crippen LogP contribution in [-0.4, -0.2) is 28.5 Å². The molecule has 1 aliphatic heterocycles. The number of hydrogen-bond acceptors (Lipinski definition) is 3. The van der Waals surface area contributed by atoms with Gasteiger partial charge >= 0.3 is 0 Å². The Labute approximate surface area is 109 Å². The van der Waals surface area contributed by atoms with Crippen molar-refractivity contribution in [2.45, 2.75) is 51.3 Å². The molecule has 0 aromatic carbocycles. The maximum Gasteiger partial charge on any atom is 0.0757 e. The number of rotatable bonds is 5.